The fourth-order valence-corrected chi connectivity index (χ4v) is 6.48. The fourth-order valence-electron chi connectivity index (χ4n) is 4.84. The minimum atomic E-state index is -4.14. The van der Waals surface area contributed by atoms with E-state index in [4.69, 9.17) is 11.6 Å². The molecule has 0 aliphatic rings. The first kappa shape index (κ1) is 32.8. The van der Waals surface area contributed by atoms with Crippen molar-refractivity contribution in [2.45, 2.75) is 44.7 Å². The number of hydrogen-bond acceptors (Lipinski definition) is 4. The second-order valence-corrected chi connectivity index (χ2v) is 13.5. The summed E-state index contributed by atoms with van der Waals surface area (Å²) in [6, 6.07) is 30.7. The van der Waals surface area contributed by atoms with E-state index in [0.29, 0.717) is 22.8 Å². The number of anilines is 1. The number of nitrogens with zero attached hydrogens (tertiary/aromatic N) is 2. The van der Waals surface area contributed by atoms with Gasteiger partial charge in [-0.05, 0) is 65.9 Å². The molecule has 0 bridgehead atoms. The van der Waals surface area contributed by atoms with Crippen molar-refractivity contribution in [2.24, 2.45) is 5.92 Å². The van der Waals surface area contributed by atoms with Gasteiger partial charge in [-0.3, -0.25) is 13.9 Å². The lowest BCUT2D eigenvalue weighted by Crippen LogP contribution is -2.53. The van der Waals surface area contributed by atoms with Gasteiger partial charge in [-0.25, -0.2) is 8.42 Å². The summed E-state index contributed by atoms with van der Waals surface area (Å²) in [5.74, 6) is -0.640. The van der Waals surface area contributed by atoms with E-state index in [1.807, 2.05) is 63.2 Å². The Kier molecular flexibility index (Phi) is 11.2. The average molecular weight is 632 g/mol. The summed E-state index contributed by atoms with van der Waals surface area (Å²) in [7, 11) is -4.14. The molecule has 0 radical (unpaired) electrons. The van der Waals surface area contributed by atoms with Crippen molar-refractivity contribution >= 4 is 39.1 Å². The van der Waals surface area contributed by atoms with Crippen molar-refractivity contribution in [3.05, 3.63) is 131 Å². The average Bonchev–Trinajstić information content (AvgIpc) is 3.01. The summed E-state index contributed by atoms with van der Waals surface area (Å²) in [4.78, 5) is 29.8. The van der Waals surface area contributed by atoms with Crippen LogP contribution in [0, 0.1) is 12.8 Å². The Hall–Kier alpha value is -4.14. The molecule has 1 N–H and O–H groups in total. The molecule has 0 saturated carbocycles. The molecule has 0 heterocycles. The topological polar surface area (TPSA) is 86.8 Å². The highest BCUT2D eigenvalue weighted by molar-refractivity contribution is 7.92. The number of rotatable bonds is 13. The van der Waals surface area contributed by atoms with Gasteiger partial charge in [-0.15, -0.1) is 0 Å². The zero-order valence-corrected chi connectivity index (χ0v) is 26.8. The van der Waals surface area contributed by atoms with E-state index < -0.39 is 28.5 Å². The first-order valence-electron chi connectivity index (χ1n) is 14.5. The van der Waals surface area contributed by atoms with Gasteiger partial charge in [0.1, 0.15) is 12.6 Å². The molecule has 0 aromatic heterocycles. The summed E-state index contributed by atoms with van der Waals surface area (Å²) < 4.78 is 29.2. The zero-order valence-electron chi connectivity index (χ0n) is 25.2. The molecule has 4 aromatic rings. The maximum Gasteiger partial charge on any atom is 0.264 e. The maximum atomic E-state index is 14.5. The molecular formula is C35H38ClN3O4S. The molecule has 44 heavy (non-hydrogen) atoms. The molecule has 0 spiro atoms. The molecule has 4 aromatic carbocycles. The van der Waals surface area contributed by atoms with Gasteiger partial charge >= 0.3 is 0 Å². The van der Waals surface area contributed by atoms with Crippen LogP contribution in [0.4, 0.5) is 5.69 Å². The Morgan fingerprint density at radius 2 is 1.45 bits per heavy atom. The standard InChI is InChI=1S/C35H38ClN3O4S/c1-26(2)23-37-35(41)33(22-28-13-6-4-7-14-28)38(24-29-15-11-16-30(36)21-29)34(40)25-39(31-17-10-12-27(3)20-31)44(42,43)32-18-8-5-9-19-32/h4-21,26,33H,22-25H2,1-3H3,(H,37,41)/t33-/m0/s1. The maximum absolute atomic E-state index is 14.5. The number of benzene rings is 4. The van der Waals surface area contributed by atoms with Crippen LogP contribution in [0.15, 0.2) is 114 Å². The second kappa shape index (κ2) is 15.0. The van der Waals surface area contributed by atoms with E-state index in [-0.39, 0.29) is 29.7 Å². The molecule has 4 rings (SSSR count). The lowest BCUT2D eigenvalue weighted by molar-refractivity contribution is -0.140. The minimum Gasteiger partial charge on any atom is -0.354 e. The van der Waals surface area contributed by atoms with E-state index in [2.05, 4.69) is 5.32 Å². The molecule has 0 fully saturated rings. The molecule has 0 aliphatic heterocycles. The molecule has 0 aliphatic carbocycles. The Bertz CT molecular complexity index is 1660. The quantitative estimate of drug-likeness (QED) is 0.189. The summed E-state index contributed by atoms with van der Waals surface area (Å²) in [6.07, 6.45) is 0.243. The molecule has 2 amide bonds. The lowest BCUT2D eigenvalue weighted by Gasteiger charge is -2.34. The Balaban J connectivity index is 1.79. The predicted molar refractivity (Wildman–Crippen MR) is 176 cm³/mol. The number of halogens is 1. The zero-order chi connectivity index (χ0) is 31.7. The molecule has 0 unspecified atom stereocenters. The van der Waals surface area contributed by atoms with Gasteiger partial charge in [0.05, 0.1) is 10.6 Å². The smallest absolute Gasteiger partial charge is 0.264 e. The van der Waals surface area contributed by atoms with Crippen LogP contribution >= 0.6 is 11.6 Å². The summed E-state index contributed by atoms with van der Waals surface area (Å²) in [5, 5.41) is 3.49. The van der Waals surface area contributed by atoms with Crippen LogP contribution in [-0.4, -0.2) is 44.3 Å². The lowest BCUT2D eigenvalue weighted by atomic mass is 10.0. The van der Waals surface area contributed by atoms with Crippen LogP contribution in [0.1, 0.15) is 30.5 Å². The van der Waals surface area contributed by atoms with E-state index in [1.165, 1.54) is 17.0 Å². The predicted octanol–water partition coefficient (Wildman–Crippen LogP) is 6.26. The number of amides is 2. The number of aryl methyl sites for hydroxylation is 1. The Labute approximate surface area is 265 Å². The number of sulfonamides is 1. The van der Waals surface area contributed by atoms with Crippen molar-refractivity contribution in [1.29, 1.82) is 0 Å². The summed E-state index contributed by atoms with van der Waals surface area (Å²) in [6.45, 7) is 5.83. The summed E-state index contributed by atoms with van der Waals surface area (Å²) in [5.41, 5.74) is 2.78. The highest BCUT2D eigenvalue weighted by Gasteiger charge is 2.34. The third-order valence-corrected chi connectivity index (χ3v) is 9.12. The Morgan fingerprint density at radius 1 is 0.818 bits per heavy atom. The van der Waals surface area contributed by atoms with Crippen molar-refractivity contribution < 1.29 is 18.0 Å². The van der Waals surface area contributed by atoms with Crippen molar-refractivity contribution in [3.8, 4) is 0 Å². The van der Waals surface area contributed by atoms with Gasteiger partial charge < -0.3 is 10.2 Å². The first-order chi connectivity index (χ1) is 21.0. The van der Waals surface area contributed by atoms with E-state index >= 15 is 0 Å². The third-order valence-electron chi connectivity index (χ3n) is 7.10. The molecule has 9 heteroatoms. The highest BCUT2D eigenvalue weighted by atomic mass is 35.5. The number of carbonyl (C=O) groups is 2. The van der Waals surface area contributed by atoms with Gasteiger partial charge in [0.15, 0.2) is 0 Å². The molecule has 1 atom stereocenters. The van der Waals surface area contributed by atoms with Crippen LogP contribution in [-0.2, 0) is 32.6 Å². The normalized spacial score (nSPS) is 12.0. The fraction of sp³-hybridized carbons (Fsp3) is 0.257. The molecule has 230 valence electrons. The van der Waals surface area contributed by atoms with Crippen LogP contribution in [0.25, 0.3) is 0 Å². The summed E-state index contributed by atoms with van der Waals surface area (Å²) >= 11 is 6.30. The first-order valence-corrected chi connectivity index (χ1v) is 16.4. The number of nitrogens with one attached hydrogen (secondary N) is 1. The Morgan fingerprint density at radius 3 is 2.09 bits per heavy atom. The largest absolute Gasteiger partial charge is 0.354 e. The third kappa shape index (κ3) is 8.71. The van der Waals surface area contributed by atoms with Crippen molar-refractivity contribution in [3.63, 3.8) is 0 Å². The van der Waals surface area contributed by atoms with E-state index in [1.54, 1.807) is 54.6 Å². The van der Waals surface area contributed by atoms with E-state index in [0.717, 1.165) is 15.4 Å². The van der Waals surface area contributed by atoms with Gasteiger partial charge in [0.25, 0.3) is 10.0 Å². The van der Waals surface area contributed by atoms with E-state index in [9.17, 15) is 18.0 Å². The highest BCUT2D eigenvalue weighted by Crippen LogP contribution is 2.26. The van der Waals surface area contributed by atoms with Crippen LogP contribution in [0.3, 0.4) is 0 Å². The van der Waals surface area contributed by atoms with Crippen molar-refractivity contribution in [1.82, 2.24) is 10.2 Å². The van der Waals surface area contributed by atoms with Gasteiger partial charge in [-0.2, -0.15) is 0 Å². The molecular weight excluding hydrogens is 594 g/mol. The molecule has 7 nitrogen and oxygen atoms in total. The van der Waals surface area contributed by atoms with Crippen molar-refractivity contribution in [2.75, 3.05) is 17.4 Å². The van der Waals surface area contributed by atoms with Crippen LogP contribution in [0.5, 0.6) is 0 Å². The monoisotopic (exact) mass is 631 g/mol. The number of carbonyl (C=O) groups excluding carboxylic acids is 2. The van der Waals surface area contributed by atoms with Crippen LogP contribution < -0.4 is 9.62 Å². The van der Waals surface area contributed by atoms with Gasteiger partial charge in [0.2, 0.25) is 11.8 Å². The number of hydrogen-bond donors (Lipinski definition) is 1. The van der Waals surface area contributed by atoms with Crippen LogP contribution in [0.2, 0.25) is 5.02 Å². The second-order valence-electron chi connectivity index (χ2n) is 11.2. The SMILES string of the molecule is Cc1cccc(N(CC(=O)N(Cc2cccc(Cl)c2)[C@@H](Cc2ccccc2)C(=O)NCC(C)C)S(=O)(=O)c2ccccc2)c1. The minimum absolute atomic E-state index is 0.0546. The van der Waals surface area contributed by atoms with Gasteiger partial charge in [0, 0.05) is 24.5 Å². The molecule has 0 saturated heterocycles. The van der Waals surface area contributed by atoms with Gasteiger partial charge in [-0.1, -0.05) is 98.2 Å².